The summed E-state index contributed by atoms with van der Waals surface area (Å²) in [6.45, 7) is 0. The number of benzene rings is 1. The Balaban J connectivity index is 1.38. The minimum atomic E-state index is -0.446. The van der Waals surface area contributed by atoms with Gasteiger partial charge in [0.15, 0.2) is 0 Å². The van der Waals surface area contributed by atoms with Gasteiger partial charge in [-0.05, 0) is 49.3 Å². The van der Waals surface area contributed by atoms with Gasteiger partial charge in [0.2, 0.25) is 5.91 Å². The second-order valence-electron chi connectivity index (χ2n) is 6.69. The summed E-state index contributed by atoms with van der Waals surface area (Å²) in [5, 5.41) is 4.74. The predicted molar refractivity (Wildman–Crippen MR) is 105 cm³/mol. The molecule has 5 nitrogen and oxygen atoms in total. The molecule has 2 heterocycles. The molecule has 0 saturated carbocycles. The van der Waals surface area contributed by atoms with E-state index in [4.69, 9.17) is 5.73 Å². The number of aromatic amines is 1. The maximum atomic E-state index is 12.3. The summed E-state index contributed by atoms with van der Waals surface area (Å²) in [6, 6.07) is 8.17. The Hall–Kier alpha value is -2.60. The van der Waals surface area contributed by atoms with E-state index in [0.29, 0.717) is 17.0 Å². The van der Waals surface area contributed by atoms with Crippen LogP contribution in [0.2, 0.25) is 0 Å². The van der Waals surface area contributed by atoms with E-state index < -0.39 is 5.91 Å². The molecule has 4 rings (SSSR count). The van der Waals surface area contributed by atoms with Gasteiger partial charge in [0.05, 0.1) is 5.56 Å². The Labute approximate surface area is 155 Å². The van der Waals surface area contributed by atoms with E-state index in [0.717, 1.165) is 43.2 Å². The van der Waals surface area contributed by atoms with Gasteiger partial charge in [0, 0.05) is 28.4 Å². The maximum absolute atomic E-state index is 12.3. The monoisotopic (exact) mass is 367 g/mol. The molecule has 6 heteroatoms. The summed E-state index contributed by atoms with van der Waals surface area (Å²) in [5.41, 5.74) is 9.44. The quantitative estimate of drug-likeness (QED) is 0.619. The molecule has 134 valence electrons. The lowest BCUT2D eigenvalue weighted by Gasteiger charge is -2.06. The number of primary amides is 1. The van der Waals surface area contributed by atoms with Crippen LogP contribution in [0.25, 0.3) is 10.9 Å². The Kier molecular flexibility index (Phi) is 4.51. The second kappa shape index (κ2) is 6.96. The summed E-state index contributed by atoms with van der Waals surface area (Å²) < 4.78 is 0. The number of aromatic nitrogens is 1. The minimum Gasteiger partial charge on any atom is -0.365 e. The third-order valence-electron chi connectivity index (χ3n) is 4.95. The Morgan fingerprint density at radius 3 is 2.92 bits per heavy atom. The molecule has 1 aliphatic rings. The Morgan fingerprint density at radius 1 is 1.23 bits per heavy atom. The fraction of sp³-hybridized carbons (Fsp3) is 0.300. The topological polar surface area (TPSA) is 88.0 Å². The molecular weight excluding hydrogens is 346 g/mol. The van der Waals surface area contributed by atoms with Crippen LogP contribution in [0.3, 0.4) is 0 Å². The third-order valence-corrected chi connectivity index (χ3v) is 6.15. The first-order chi connectivity index (χ1) is 12.6. The van der Waals surface area contributed by atoms with Gasteiger partial charge in [-0.3, -0.25) is 9.59 Å². The number of hydrogen-bond acceptors (Lipinski definition) is 3. The second-order valence-corrected chi connectivity index (χ2v) is 7.79. The normalized spacial score (nSPS) is 13.1. The summed E-state index contributed by atoms with van der Waals surface area (Å²) >= 11 is 1.50. The van der Waals surface area contributed by atoms with Crippen molar-refractivity contribution in [2.24, 2.45) is 5.73 Å². The van der Waals surface area contributed by atoms with Gasteiger partial charge in [-0.2, -0.15) is 0 Å². The number of fused-ring (bicyclic) bond motifs is 2. The van der Waals surface area contributed by atoms with Crippen molar-refractivity contribution in [1.29, 1.82) is 0 Å². The standard InChI is InChI=1S/C20H21N3O2S/c21-19(25)18-14-7-4-9-16(14)26-20(18)23-17(24)10-3-5-12-11-22-15-8-2-1-6-13(12)15/h1-2,6,8,11,22H,3-5,7,9-10H2,(H2,21,25)(H,23,24). The molecule has 0 fully saturated rings. The number of para-hydroxylation sites is 1. The lowest BCUT2D eigenvalue weighted by atomic mass is 10.1. The molecule has 3 aromatic rings. The molecule has 1 aromatic carbocycles. The number of amides is 2. The third kappa shape index (κ3) is 3.12. The molecule has 2 amide bonds. The van der Waals surface area contributed by atoms with E-state index in [1.54, 1.807) is 0 Å². The summed E-state index contributed by atoms with van der Waals surface area (Å²) in [5.74, 6) is -0.509. The predicted octanol–water partition coefficient (Wildman–Crippen LogP) is 3.78. The average molecular weight is 367 g/mol. The smallest absolute Gasteiger partial charge is 0.251 e. The molecular formula is C20H21N3O2S. The van der Waals surface area contributed by atoms with Crippen molar-refractivity contribution in [1.82, 2.24) is 4.98 Å². The minimum absolute atomic E-state index is 0.0627. The summed E-state index contributed by atoms with van der Waals surface area (Å²) in [4.78, 5) is 28.6. The first kappa shape index (κ1) is 16.8. The van der Waals surface area contributed by atoms with Crippen LogP contribution < -0.4 is 11.1 Å². The lowest BCUT2D eigenvalue weighted by molar-refractivity contribution is -0.116. The van der Waals surface area contributed by atoms with Gasteiger partial charge in [-0.1, -0.05) is 18.2 Å². The van der Waals surface area contributed by atoms with Crippen LogP contribution in [0.5, 0.6) is 0 Å². The molecule has 1 aliphatic carbocycles. The van der Waals surface area contributed by atoms with E-state index in [1.165, 1.54) is 27.2 Å². The van der Waals surface area contributed by atoms with Crippen molar-refractivity contribution >= 4 is 39.1 Å². The number of hydrogen-bond donors (Lipinski definition) is 3. The van der Waals surface area contributed by atoms with Crippen molar-refractivity contribution in [3.63, 3.8) is 0 Å². The van der Waals surface area contributed by atoms with Gasteiger partial charge >= 0.3 is 0 Å². The Morgan fingerprint density at radius 2 is 2.08 bits per heavy atom. The van der Waals surface area contributed by atoms with E-state index in [-0.39, 0.29) is 5.91 Å². The highest BCUT2D eigenvalue weighted by Crippen LogP contribution is 2.38. The fourth-order valence-electron chi connectivity index (χ4n) is 3.72. The summed E-state index contributed by atoms with van der Waals surface area (Å²) in [6.07, 6.45) is 6.92. The van der Waals surface area contributed by atoms with Gasteiger partial charge in [-0.15, -0.1) is 11.3 Å². The number of anilines is 1. The number of aryl methyl sites for hydroxylation is 2. The van der Waals surface area contributed by atoms with Crippen LogP contribution in [-0.2, 0) is 24.1 Å². The van der Waals surface area contributed by atoms with Crippen LogP contribution in [-0.4, -0.2) is 16.8 Å². The number of thiophene rings is 1. The van der Waals surface area contributed by atoms with Crippen molar-refractivity contribution in [3.05, 3.63) is 52.0 Å². The SMILES string of the molecule is NC(=O)c1c(NC(=O)CCCc2c[nH]c3ccccc23)sc2c1CCC2. The summed E-state index contributed by atoms with van der Waals surface area (Å²) in [7, 11) is 0. The van der Waals surface area contributed by atoms with Gasteiger partial charge < -0.3 is 16.0 Å². The number of nitrogens with two attached hydrogens (primary N) is 1. The zero-order valence-electron chi connectivity index (χ0n) is 14.4. The number of carbonyl (C=O) groups excluding carboxylic acids is 2. The molecule has 2 aromatic heterocycles. The number of carbonyl (C=O) groups is 2. The van der Waals surface area contributed by atoms with Crippen LogP contribution in [0, 0.1) is 0 Å². The van der Waals surface area contributed by atoms with Crippen LogP contribution >= 0.6 is 11.3 Å². The van der Waals surface area contributed by atoms with Crippen molar-refractivity contribution < 1.29 is 9.59 Å². The molecule has 0 radical (unpaired) electrons. The van der Waals surface area contributed by atoms with E-state index in [9.17, 15) is 9.59 Å². The zero-order valence-corrected chi connectivity index (χ0v) is 15.2. The first-order valence-electron chi connectivity index (χ1n) is 8.92. The lowest BCUT2D eigenvalue weighted by Crippen LogP contribution is -2.17. The number of nitrogens with one attached hydrogen (secondary N) is 2. The van der Waals surface area contributed by atoms with Gasteiger partial charge in [0.1, 0.15) is 5.00 Å². The largest absolute Gasteiger partial charge is 0.365 e. The molecule has 0 bridgehead atoms. The van der Waals surface area contributed by atoms with Gasteiger partial charge in [0.25, 0.3) is 5.91 Å². The average Bonchev–Trinajstić information content (AvgIpc) is 3.29. The fourth-order valence-corrected chi connectivity index (χ4v) is 5.03. The molecule has 0 spiro atoms. The molecule has 4 N–H and O–H groups in total. The highest BCUT2D eigenvalue weighted by Gasteiger charge is 2.25. The maximum Gasteiger partial charge on any atom is 0.251 e. The van der Waals surface area contributed by atoms with Crippen molar-refractivity contribution in [2.75, 3.05) is 5.32 Å². The van der Waals surface area contributed by atoms with E-state index in [2.05, 4.69) is 16.4 Å². The highest BCUT2D eigenvalue weighted by molar-refractivity contribution is 7.17. The van der Waals surface area contributed by atoms with Crippen molar-refractivity contribution in [2.45, 2.75) is 38.5 Å². The molecule has 0 unspecified atom stereocenters. The Bertz CT molecular complexity index is 986. The molecule has 26 heavy (non-hydrogen) atoms. The molecule has 0 atom stereocenters. The first-order valence-corrected chi connectivity index (χ1v) is 9.74. The van der Waals surface area contributed by atoms with Crippen LogP contribution in [0.15, 0.2) is 30.5 Å². The molecule has 0 saturated heterocycles. The van der Waals surface area contributed by atoms with Gasteiger partial charge in [-0.25, -0.2) is 0 Å². The van der Waals surface area contributed by atoms with Crippen LogP contribution in [0.4, 0.5) is 5.00 Å². The highest BCUT2D eigenvalue weighted by atomic mass is 32.1. The zero-order chi connectivity index (χ0) is 18.1. The van der Waals surface area contributed by atoms with Crippen molar-refractivity contribution in [3.8, 4) is 0 Å². The number of rotatable bonds is 6. The van der Waals surface area contributed by atoms with Crippen LogP contribution in [0.1, 0.15) is 45.6 Å². The molecule has 0 aliphatic heterocycles. The van der Waals surface area contributed by atoms with E-state index >= 15 is 0 Å². The number of H-pyrrole nitrogens is 1. The van der Waals surface area contributed by atoms with E-state index in [1.807, 2.05) is 24.4 Å².